The number of carbonyl (C=O) groups excluding carboxylic acids is 3. The summed E-state index contributed by atoms with van der Waals surface area (Å²) in [4.78, 5) is 38.4. The number of allylic oxidation sites excluding steroid dienone is 10. The van der Waals surface area contributed by atoms with E-state index in [0.717, 1.165) is 89.9 Å². The van der Waals surface area contributed by atoms with E-state index in [1.165, 1.54) is 244 Å². The van der Waals surface area contributed by atoms with Crippen molar-refractivity contribution in [2.75, 3.05) is 13.2 Å². The highest BCUT2D eigenvalue weighted by Gasteiger charge is 2.19. The predicted molar refractivity (Wildman–Crippen MR) is 348 cm³/mol. The Morgan fingerprint density at radius 2 is 0.500 bits per heavy atom. The molecular weight excluding hydrogens is 985 g/mol. The first-order valence-corrected chi connectivity index (χ1v) is 35.3. The highest BCUT2D eigenvalue weighted by Crippen LogP contribution is 2.18. The number of unbranched alkanes of at least 4 members (excludes halogenated alkanes) is 44. The monoisotopic (exact) mass is 1120 g/mol. The molecule has 80 heavy (non-hydrogen) atoms. The van der Waals surface area contributed by atoms with Crippen LogP contribution >= 0.6 is 0 Å². The molecule has 1 atom stereocenters. The van der Waals surface area contributed by atoms with Crippen LogP contribution in [0.1, 0.15) is 374 Å². The van der Waals surface area contributed by atoms with Crippen LogP contribution in [0.2, 0.25) is 0 Å². The molecule has 0 saturated carbocycles. The standard InChI is InChI=1S/C74H134O6/c1-4-7-10-13-16-19-22-24-26-28-30-32-34-35-36-37-38-40-41-43-45-47-49-52-55-58-61-64-67-73(76)79-70-71(69-78-72(75)66-63-60-57-54-51-21-18-15-12-9-6-3)80-74(77)68-65-62-59-56-53-50-48-46-44-42-39-33-31-29-27-25-23-20-17-14-11-8-5-2/h8,11,15,17-18,20,25,27,31,33,71H,4-7,9-10,12-14,16,19,21-24,26,28-30,32,34-70H2,1-3H3/b11-8-,18-15-,20-17-,27-25-,33-31-. The minimum absolute atomic E-state index is 0.0747. The number of esters is 3. The highest BCUT2D eigenvalue weighted by atomic mass is 16.6. The molecule has 0 N–H and O–H groups in total. The van der Waals surface area contributed by atoms with Crippen molar-refractivity contribution >= 4 is 17.9 Å². The minimum Gasteiger partial charge on any atom is -0.462 e. The number of rotatable bonds is 65. The van der Waals surface area contributed by atoms with Gasteiger partial charge >= 0.3 is 17.9 Å². The van der Waals surface area contributed by atoms with Gasteiger partial charge in [0.1, 0.15) is 13.2 Å². The molecule has 0 bridgehead atoms. The molecule has 6 nitrogen and oxygen atoms in total. The van der Waals surface area contributed by atoms with Crippen molar-refractivity contribution in [1.82, 2.24) is 0 Å². The first-order valence-electron chi connectivity index (χ1n) is 35.3. The van der Waals surface area contributed by atoms with Crippen LogP contribution in [0, 0.1) is 0 Å². The second kappa shape index (κ2) is 68.6. The van der Waals surface area contributed by atoms with Crippen LogP contribution in [0.4, 0.5) is 0 Å². The molecule has 0 saturated heterocycles. The molecule has 466 valence electrons. The van der Waals surface area contributed by atoms with E-state index in [2.05, 4.69) is 81.5 Å². The van der Waals surface area contributed by atoms with E-state index < -0.39 is 6.10 Å². The van der Waals surface area contributed by atoms with Crippen LogP contribution in [0.5, 0.6) is 0 Å². The molecule has 0 amide bonds. The van der Waals surface area contributed by atoms with Gasteiger partial charge in [-0.05, 0) is 77.0 Å². The van der Waals surface area contributed by atoms with Gasteiger partial charge in [-0.1, -0.05) is 338 Å². The Kier molecular flexibility index (Phi) is 66.1. The molecule has 6 heteroatoms. The van der Waals surface area contributed by atoms with E-state index in [0.29, 0.717) is 19.3 Å². The summed E-state index contributed by atoms with van der Waals surface area (Å²) in [6.45, 7) is 6.54. The third-order valence-electron chi connectivity index (χ3n) is 15.8. The molecule has 0 aromatic heterocycles. The van der Waals surface area contributed by atoms with Gasteiger partial charge < -0.3 is 14.2 Å². The lowest BCUT2D eigenvalue weighted by atomic mass is 10.0. The SMILES string of the molecule is CC/C=C\C/C=C\C/C=C\C/C=C\CCCCCCCCCCCCC(=O)OC(COC(=O)CCCCCCC/C=C\CCCC)COC(=O)CCCCCCCCCCCCCCCCCCCCCCCCCCCCCC. The van der Waals surface area contributed by atoms with Gasteiger partial charge in [0.05, 0.1) is 0 Å². The summed E-state index contributed by atoms with van der Waals surface area (Å²) in [5.41, 5.74) is 0. The summed E-state index contributed by atoms with van der Waals surface area (Å²) in [5.74, 6) is -0.868. The Hall–Kier alpha value is -2.89. The van der Waals surface area contributed by atoms with E-state index in [9.17, 15) is 14.4 Å². The fourth-order valence-electron chi connectivity index (χ4n) is 10.5. The summed E-state index contributed by atoms with van der Waals surface area (Å²) in [6.07, 6.45) is 88.4. The second-order valence-electron chi connectivity index (χ2n) is 23.8. The van der Waals surface area contributed by atoms with Crippen LogP contribution in [0.3, 0.4) is 0 Å². The molecule has 0 aromatic carbocycles. The van der Waals surface area contributed by atoms with Crippen LogP contribution in [-0.4, -0.2) is 37.2 Å². The maximum Gasteiger partial charge on any atom is 0.306 e. The van der Waals surface area contributed by atoms with Gasteiger partial charge in [0.25, 0.3) is 0 Å². The van der Waals surface area contributed by atoms with Crippen molar-refractivity contribution in [3.05, 3.63) is 60.8 Å². The van der Waals surface area contributed by atoms with Crippen LogP contribution in [-0.2, 0) is 28.6 Å². The normalized spacial score (nSPS) is 12.4. The maximum absolute atomic E-state index is 12.9. The molecule has 0 radical (unpaired) electrons. The zero-order valence-electron chi connectivity index (χ0n) is 53.6. The summed E-state index contributed by atoms with van der Waals surface area (Å²) in [6, 6.07) is 0. The number of hydrogen-bond acceptors (Lipinski definition) is 6. The van der Waals surface area contributed by atoms with Gasteiger partial charge in [0.15, 0.2) is 6.10 Å². The molecular formula is C74H134O6. The Morgan fingerprint density at radius 3 is 0.812 bits per heavy atom. The van der Waals surface area contributed by atoms with Gasteiger partial charge in [0.2, 0.25) is 0 Å². The van der Waals surface area contributed by atoms with Gasteiger partial charge in [-0.2, -0.15) is 0 Å². The van der Waals surface area contributed by atoms with Crippen molar-refractivity contribution in [2.45, 2.75) is 380 Å². The zero-order valence-corrected chi connectivity index (χ0v) is 53.6. The lowest BCUT2D eigenvalue weighted by Gasteiger charge is -2.18. The lowest BCUT2D eigenvalue weighted by molar-refractivity contribution is -0.167. The maximum atomic E-state index is 12.9. The summed E-state index contributed by atoms with van der Waals surface area (Å²) >= 11 is 0. The molecule has 0 aliphatic carbocycles. The third-order valence-corrected chi connectivity index (χ3v) is 15.8. The van der Waals surface area contributed by atoms with Gasteiger partial charge in [-0.3, -0.25) is 14.4 Å². The lowest BCUT2D eigenvalue weighted by Crippen LogP contribution is -2.30. The van der Waals surface area contributed by atoms with Crippen molar-refractivity contribution in [1.29, 1.82) is 0 Å². The number of ether oxygens (including phenoxy) is 3. The quantitative estimate of drug-likeness (QED) is 0.0261. The summed E-state index contributed by atoms with van der Waals surface area (Å²) in [5, 5.41) is 0. The fraction of sp³-hybridized carbons (Fsp3) is 0.824. The molecule has 0 rings (SSSR count). The van der Waals surface area contributed by atoms with E-state index in [1.54, 1.807) is 0 Å². The van der Waals surface area contributed by atoms with Crippen molar-refractivity contribution < 1.29 is 28.6 Å². The number of carbonyl (C=O) groups is 3. The van der Waals surface area contributed by atoms with Gasteiger partial charge in [-0.25, -0.2) is 0 Å². The minimum atomic E-state index is -0.779. The fourth-order valence-corrected chi connectivity index (χ4v) is 10.5. The van der Waals surface area contributed by atoms with Gasteiger partial charge in [-0.15, -0.1) is 0 Å². The second-order valence-corrected chi connectivity index (χ2v) is 23.8. The van der Waals surface area contributed by atoms with E-state index in [4.69, 9.17) is 14.2 Å². The Labute approximate surface area is 498 Å². The van der Waals surface area contributed by atoms with Crippen molar-refractivity contribution in [3.63, 3.8) is 0 Å². The summed E-state index contributed by atoms with van der Waals surface area (Å²) < 4.78 is 17.0. The van der Waals surface area contributed by atoms with Gasteiger partial charge in [0, 0.05) is 19.3 Å². The topological polar surface area (TPSA) is 78.9 Å². The van der Waals surface area contributed by atoms with Crippen molar-refractivity contribution in [3.8, 4) is 0 Å². The highest BCUT2D eigenvalue weighted by molar-refractivity contribution is 5.71. The van der Waals surface area contributed by atoms with E-state index >= 15 is 0 Å². The van der Waals surface area contributed by atoms with Crippen LogP contribution < -0.4 is 0 Å². The average molecular weight is 1120 g/mol. The summed E-state index contributed by atoms with van der Waals surface area (Å²) in [7, 11) is 0. The van der Waals surface area contributed by atoms with Crippen LogP contribution in [0.25, 0.3) is 0 Å². The average Bonchev–Trinajstić information content (AvgIpc) is 3.46. The molecule has 0 aromatic rings. The third kappa shape index (κ3) is 65.9. The first kappa shape index (κ1) is 77.1. The molecule has 0 heterocycles. The smallest absolute Gasteiger partial charge is 0.306 e. The van der Waals surface area contributed by atoms with Crippen LogP contribution in [0.15, 0.2) is 60.8 Å². The molecule has 0 spiro atoms. The van der Waals surface area contributed by atoms with E-state index in [1.807, 2.05) is 0 Å². The predicted octanol–water partition coefficient (Wildman–Crippen LogP) is 24.3. The first-order chi connectivity index (χ1) is 39.5. The van der Waals surface area contributed by atoms with Crippen molar-refractivity contribution in [2.24, 2.45) is 0 Å². The Bertz CT molecular complexity index is 1430. The largest absolute Gasteiger partial charge is 0.462 e. The Balaban J connectivity index is 4.17. The molecule has 0 aliphatic heterocycles. The zero-order chi connectivity index (χ0) is 57.8. The Morgan fingerprint density at radius 1 is 0.263 bits per heavy atom. The molecule has 1 unspecified atom stereocenters. The van der Waals surface area contributed by atoms with E-state index in [-0.39, 0.29) is 31.1 Å². The number of hydrogen-bond donors (Lipinski definition) is 0. The molecule has 0 fully saturated rings. The molecule has 0 aliphatic rings.